The van der Waals surface area contributed by atoms with E-state index in [0.717, 1.165) is 6.54 Å². The molecule has 1 unspecified atom stereocenters. The number of aromatic nitrogens is 1. The van der Waals surface area contributed by atoms with Gasteiger partial charge in [-0.3, -0.25) is 0 Å². The first-order valence-corrected chi connectivity index (χ1v) is 6.99. The first-order chi connectivity index (χ1) is 7.66. The lowest BCUT2D eigenvalue weighted by atomic mass is 10.2. The van der Waals surface area contributed by atoms with Crippen LogP contribution in [0.2, 0.25) is 0 Å². The molecule has 16 heavy (non-hydrogen) atoms. The summed E-state index contributed by atoms with van der Waals surface area (Å²) in [5.74, 6) is 0. The summed E-state index contributed by atoms with van der Waals surface area (Å²) in [6, 6.07) is 1.19. The monoisotopic (exact) mass is 239 g/mol. The first-order valence-electron chi connectivity index (χ1n) is 6.11. The van der Waals surface area contributed by atoms with Gasteiger partial charge < -0.3 is 10.2 Å². The van der Waals surface area contributed by atoms with Gasteiger partial charge in [-0.1, -0.05) is 13.8 Å². The van der Waals surface area contributed by atoms with E-state index >= 15 is 0 Å². The summed E-state index contributed by atoms with van der Waals surface area (Å²) < 4.78 is 0. The molecule has 4 heteroatoms. The zero-order chi connectivity index (χ0) is 11.5. The Morgan fingerprint density at radius 3 is 3.06 bits per heavy atom. The quantitative estimate of drug-likeness (QED) is 0.875. The molecule has 1 saturated heterocycles. The Kier molecular flexibility index (Phi) is 3.82. The van der Waals surface area contributed by atoms with E-state index in [9.17, 15) is 0 Å². The van der Waals surface area contributed by atoms with Gasteiger partial charge >= 0.3 is 0 Å². The number of thiazole rings is 1. The highest BCUT2D eigenvalue weighted by Crippen LogP contribution is 2.28. The van der Waals surface area contributed by atoms with Crippen molar-refractivity contribution in [3.8, 4) is 0 Å². The number of hydrogen-bond donors (Lipinski definition) is 1. The summed E-state index contributed by atoms with van der Waals surface area (Å²) in [6.45, 7) is 8.67. The van der Waals surface area contributed by atoms with Crippen LogP contribution >= 0.6 is 11.3 Å². The van der Waals surface area contributed by atoms with Gasteiger partial charge in [0, 0.05) is 30.6 Å². The summed E-state index contributed by atoms with van der Waals surface area (Å²) >= 11 is 1.78. The lowest BCUT2D eigenvalue weighted by molar-refractivity contribution is 0.582. The summed E-state index contributed by atoms with van der Waals surface area (Å²) in [5, 5.41) is 6.78. The van der Waals surface area contributed by atoms with Gasteiger partial charge in [0.05, 0.1) is 5.69 Å². The predicted molar refractivity (Wildman–Crippen MR) is 70.1 cm³/mol. The topological polar surface area (TPSA) is 28.2 Å². The fourth-order valence-electron chi connectivity index (χ4n) is 2.04. The maximum Gasteiger partial charge on any atom is 0.185 e. The van der Waals surface area contributed by atoms with E-state index in [-0.39, 0.29) is 0 Å². The van der Waals surface area contributed by atoms with Gasteiger partial charge in [-0.2, -0.15) is 0 Å². The second-order valence-electron chi connectivity index (χ2n) is 4.84. The Bertz CT molecular complexity index is 335. The van der Waals surface area contributed by atoms with Crippen molar-refractivity contribution in [2.75, 3.05) is 11.4 Å². The third-order valence-electron chi connectivity index (χ3n) is 3.03. The second kappa shape index (κ2) is 5.15. The minimum absolute atomic E-state index is 0.524. The predicted octanol–water partition coefficient (Wildman–Crippen LogP) is 2.63. The molecule has 2 heterocycles. The molecule has 90 valence electrons. The number of hydrogen-bond acceptors (Lipinski definition) is 4. The van der Waals surface area contributed by atoms with Gasteiger partial charge in [0.15, 0.2) is 5.13 Å². The zero-order valence-corrected chi connectivity index (χ0v) is 11.2. The average Bonchev–Trinajstić information content (AvgIpc) is 2.83. The van der Waals surface area contributed by atoms with E-state index in [4.69, 9.17) is 4.98 Å². The van der Waals surface area contributed by atoms with Crippen LogP contribution in [0.15, 0.2) is 5.38 Å². The van der Waals surface area contributed by atoms with E-state index in [1.165, 1.54) is 30.2 Å². The molecule has 0 aromatic carbocycles. The Balaban J connectivity index is 1.96. The molecule has 0 amide bonds. The molecule has 3 nitrogen and oxygen atoms in total. The van der Waals surface area contributed by atoms with Crippen molar-refractivity contribution in [2.24, 2.45) is 0 Å². The minimum Gasteiger partial charge on any atom is -0.345 e. The van der Waals surface area contributed by atoms with Gasteiger partial charge in [-0.25, -0.2) is 4.98 Å². The molecule has 1 atom stereocenters. The SMILES string of the molecule is CC(C)NCc1csc(N2CCCC2C)n1. The number of anilines is 1. The van der Waals surface area contributed by atoms with E-state index in [1.807, 2.05) is 0 Å². The van der Waals surface area contributed by atoms with Crippen molar-refractivity contribution in [2.45, 2.75) is 52.2 Å². The molecule has 1 aliphatic heterocycles. The molecule has 0 bridgehead atoms. The molecule has 1 N–H and O–H groups in total. The molecule has 0 aliphatic carbocycles. The molecule has 1 aromatic rings. The van der Waals surface area contributed by atoms with Crippen LogP contribution in [0.5, 0.6) is 0 Å². The normalized spacial score (nSPS) is 21.0. The van der Waals surface area contributed by atoms with E-state index < -0.39 is 0 Å². The summed E-state index contributed by atoms with van der Waals surface area (Å²) in [5.41, 5.74) is 1.17. The highest BCUT2D eigenvalue weighted by molar-refractivity contribution is 7.13. The highest BCUT2D eigenvalue weighted by atomic mass is 32.1. The van der Waals surface area contributed by atoms with Crippen molar-refractivity contribution in [1.29, 1.82) is 0 Å². The summed E-state index contributed by atoms with van der Waals surface area (Å²) in [7, 11) is 0. The van der Waals surface area contributed by atoms with Crippen LogP contribution < -0.4 is 10.2 Å². The molecule has 0 spiro atoms. The van der Waals surface area contributed by atoms with Crippen molar-refractivity contribution in [1.82, 2.24) is 10.3 Å². The fraction of sp³-hybridized carbons (Fsp3) is 0.750. The van der Waals surface area contributed by atoms with Gasteiger partial charge in [-0.05, 0) is 19.8 Å². The second-order valence-corrected chi connectivity index (χ2v) is 5.68. The molecular formula is C12H21N3S. The van der Waals surface area contributed by atoms with Crippen molar-refractivity contribution in [3.63, 3.8) is 0 Å². The third-order valence-corrected chi connectivity index (χ3v) is 3.96. The largest absolute Gasteiger partial charge is 0.345 e. The van der Waals surface area contributed by atoms with Crippen LogP contribution in [0.3, 0.4) is 0 Å². The van der Waals surface area contributed by atoms with Crippen LogP contribution in [0.4, 0.5) is 5.13 Å². The standard InChI is InChI=1S/C12H21N3S/c1-9(2)13-7-11-8-16-12(14-11)15-6-4-5-10(15)3/h8-10,13H,4-7H2,1-3H3. The van der Waals surface area contributed by atoms with Gasteiger partial charge in [0.2, 0.25) is 0 Å². The van der Waals surface area contributed by atoms with E-state index in [0.29, 0.717) is 12.1 Å². The van der Waals surface area contributed by atoms with Gasteiger partial charge in [-0.15, -0.1) is 11.3 Å². The fourth-order valence-corrected chi connectivity index (χ4v) is 2.99. The Morgan fingerprint density at radius 1 is 1.62 bits per heavy atom. The zero-order valence-electron chi connectivity index (χ0n) is 10.4. The molecule has 0 radical (unpaired) electrons. The third kappa shape index (κ3) is 2.74. The van der Waals surface area contributed by atoms with Crippen molar-refractivity contribution < 1.29 is 0 Å². The lowest BCUT2D eigenvalue weighted by Crippen LogP contribution is -2.26. The molecule has 0 saturated carbocycles. The number of nitrogens with one attached hydrogen (secondary N) is 1. The molecule has 1 fully saturated rings. The van der Waals surface area contributed by atoms with E-state index in [1.54, 1.807) is 11.3 Å². The highest BCUT2D eigenvalue weighted by Gasteiger charge is 2.22. The smallest absolute Gasteiger partial charge is 0.185 e. The van der Waals surface area contributed by atoms with Crippen LogP contribution in [0.25, 0.3) is 0 Å². The number of rotatable bonds is 4. The Morgan fingerprint density at radius 2 is 2.44 bits per heavy atom. The molecule has 2 rings (SSSR count). The molecular weight excluding hydrogens is 218 g/mol. The van der Waals surface area contributed by atoms with Gasteiger partial charge in [0.1, 0.15) is 0 Å². The van der Waals surface area contributed by atoms with Crippen LogP contribution in [0.1, 0.15) is 39.3 Å². The Labute approximate surface area is 102 Å². The maximum atomic E-state index is 4.70. The average molecular weight is 239 g/mol. The van der Waals surface area contributed by atoms with Crippen molar-refractivity contribution in [3.05, 3.63) is 11.1 Å². The first kappa shape index (κ1) is 11.9. The van der Waals surface area contributed by atoms with Crippen LogP contribution in [-0.2, 0) is 6.54 Å². The van der Waals surface area contributed by atoms with Crippen molar-refractivity contribution >= 4 is 16.5 Å². The molecule has 1 aromatic heterocycles. The lowest BCUT2D eigenvalue weighted by Gasteiger charge is -2.19. The number of nitrogens with zero attached hydrogens (tertiary/aromatic N) is 2. The van der Waals surface area contributed by atoms with E-state index in [2.05, 4.69) is 36.4 Å². The van der Waals surface area contributed by atoms with Crippen LogP contribution in [-0.4, -0.2) is 23.6 Å². The Hall–Kier alpha value is -0.610. The maximum absolute atomic E-state index is 4.70. The summed E-state index contributed by atoms with van der Waals surface area (Å²) in [4.78, 5) is 7.13. The summed E-state index contributed by atoms with van der Waals surface area (Å²) in [6.07, 6.45) is 2.61. The molecule has 1 aliphatic rings. The van der Waals surface area contributed by atoms with Gasteiger partial charge in [0.25, 0.3) is 0 Å². The minimum atomic E-state index is 0.524. The van der Waals surface area contributed by atoms with Crippen LogP contribution in [0, 0.1) is 0 Å².